The van der Waals surface area contributed by atoms with Crippen molar-refractivity contribution in [2.24, 2.45) is 0 Å². The van der Waals surface area contributed by atoms with E-state index in [1.54, 1.807) is 18.2 Å². The lowest BCUT2D eigenvalue weighted by Crippen LogP contribution is -2.08. The highest BCUT2D eigenvalue weighted by Crippen LogP contribution is 2.60. The van der Waals surface area contributed by atoms with Gasteiger partial charge in [0.1, 0.15) is 0 Å². The van der Waals surface area contributed by atoms with Gasteiger partial charge in [-0.25, -0.2) is 0 Å². The molecule has 0 spiro atoms. The van der Waals surface area contributed by atoms with Crippen molar-refractivity contribution in [3.05, 3.63) is 71.3 Å². The van der Waals surface area contributed by atoms with E-state index >= 15 is 0 Å². The highest BCUT2D eigenvalue weighted by molar-refractivity contribution is 7.54. The summed E-state index contributed by atoms with van der Waals surface area (Å²) >= 11 is 0. The lowest BCUT2D eigenvalue weighted by atomic mass is 10.1. The smallest absolute Gasteiger partial charge is 0.363 e. The Bertz CT molecular complexity index is 780. The van der Waals surface area contributed by atoms with E-state index in [1.807, 2.05) is 50.2 Å². The molecular formula is C21H25O4P. The Morgan fingerprint density at radius 2 is 1.50 bits per heavy atom. The van der Waals surface area contributed by atoms with Crippen LogP contribution in [0.1, 0.15) is 49.2 Å². The lowest BCUT2D eigenvalue weighted by Gasteiger charge is -2.24. The molecule has 0 amide bonds. The number of benzene rings is 2. The van der Waals surface area contributed by atoms with Crippen LogP contribution >= 0.6 is 7.60 Å². The van der Waals surface area contributed by atoms with Gasteiger partial charge in [-0.05, 0) is 31.0 Å². The van der Waals surface area contributed by atoms with Crippen molar-refractivity contribution < 1.29 is 18.7 Å². The van der Waals surface area contributed by atoms with Gasteiger partial charge in [0.2, 0.25) is 0 Å². The van der Waals surface area contributed by atoms with Crippen LogP contribution < -0.4 is 0 Å². The summed E-state index contributed by atoms with van der Waals surface area (Å²) in [6.45, 7) is 4.34. The summed E-state index contributed by atoms with van der Waals surface area (Å²) < 4.78 is 24.0. The second-order valence-corrected chi connectivity index (χ2v) is 7.87. The van der Waals surface area contributed by atoms with Gasteiger partial charge in [-0.2, -0.15) is 0 Å². The molecule has 26 heavy (non-hydrogen) atoms. The molecular weight excluding hydrogens is 347 g/mol. The normalized spacial score (nSPS) is 12.3. The van der Waals surface area contributed by atoms with Crippen molar-refractivity contribution in [1.29, 1.82) is 0 Å². The average molecular weight is 372 g/mol. The molecule has 0 saturated heterocycles. The van der Waals surface area contributed by atoms with Crippen LogP contribution in [0.5, 0.6) is 0 Å². The summed E-state index contributed by atoms with van der Waals surface area (Å²) in [5.41, 5.74) is 1.92. The van der Waals surface area contributed by atoms with Crippen LogP contribution in [0.4, 0.5) is 0 Å². The van der Waals surface area contributed by atoms with Gasteiger partial charge in [0.05, 0.1) is 13.2 Å². The monoisotopic (exact) mass is 372 g/mol. The summed E-state index contributed by atoms with van der Waals surface area (Å²) in [6, 6.07) is 16.7. The second kappa shape index (κ2) is 10.3. The van der Waals surface area contributed by atoms with Crippen LogP contribution in [0.2, 0.25) is 0 Å². The van der Waals surface area contributed by atoms with Crippen LogP contribution in [0.3, 0.4) is 0 Å². The summed E-state index contributed by atoms with van der Waals surface area (Å²) in [4.78, 5) is 0. The molecule has 0 aromatic heterocycles. The van der Waals surface area contributed by atoms with Gasteiger partial charge in [-0.3, -0.25) is 4.57 Å². The van der Waals surface area contributed by atoms with Crippen LogP contribution in [0.15, 0.2) is 54.6 Å². The molecule has 1 atom stereocenters. The summed E-state index contributed by atoms with van der Waals surface area (Å²) in [6.07, 6.45) is 1.36. The molecule has 2 rings (SSSR count). The Morgan fingerprint density at radius 3 is 2.12 bits per heavy atom. The van der Waals surface area contributed by atoms with Crippen LogP contribution in [-0.2, 0) is 13.6 Å². The molecule has 2 aromatic rings. The highest BCUT2D eigenvalue weighted by Gasteiger charge is 2.36. The van der Waals surface area contributed by atoms with E-state index in [1.165, 1.54) is 0 Å². The minimum atomic E-state index is -3.70. The minimum Gasteiger partial charge on any atom is -0.376 e. The average Bonchev–Trinajstić information content (AvgIpc) is 2.69. The Labute approximate surface area is 155 Å². The molecule has 0 heterocycles. The third-order valence-corrected chi connectivity index (χ3v) is 5.57. The molecule has 1 N–H and O–H groups in total. The van der Waals surface area contributed by atoms with Crippen molar-refractivity contribution >= 4 is 7.60 Å². The Hall–Kier alpha value is -1.89. The topological polar surface area (TPSA) is 55.8 Å². The SMILES string of the molecule is CCCOP(=O)(OCCC)C(O)c1ccccc1C#Cc1ccccc1. The van der Waals surface area contributed by atoms with Gasteiger partial charge in [0.15, 0.2) is 5.85 Å². The van der Waals surface area contributed by atoms with Crippen LogP contribution in [-0.4, -0.2) is 18.3 Å². The Balaban J connectivity index is 2.34. The zero-order chi connectivity index (χ0) is 18.8. The Kier molecular flexibility index (Phi) is 8.09. The van der Waals surface area contributed by atoms with E-state index in [4.69, 9.17) is 9.05 Å². The van der Waals surface area contributed by atoms with Gasteiger partial charge in [0.25, 0.3) is 0 Å². The standard InChI is InChI=1S/C21H25O4P/c1-3-16-24-26(23,25-17-4-2)21(22)20-13-9-8-12-19(20)15-14-18-10-6-5-7-11-18/h5-13,21-22H,3-4,16-17H2,1-2H3. The maximum absolute atomic E-state index is 13.1. The fraction of sp³-hybridized carbons (Fsp3) is 0.333. The maximum atomic E-state index is 13.1. The molecule has 0 aliphatic carbocycles. The van der Waals surface area contributed by atoms with E-state index in [2.05, 4.69) is 11.8 Å². The van der Waals surface area contributed by atoms with E-state index in [0.29, 0.717) is 24.0 Å². The molecule has 0 aliphatic rings. The zero-order valence-corrected chi connectivity index (χ0v) is 16.1. The number of aliphatic hydroxyl groups excluding tert-OH is 1. The third-order valence-electron chi connectivity index (χ3n) is 3.60. The van der Waals surface area contributed by atoms with E-state index < -0.39 is 13.4 Å². The second-order valence-electron chi connectivity index (χ2n) is 5.78. The van der Waals surface area contributed by atoms with Crippen molar-refractivity contribution in [3.63, 3.8) is 0 Å². The quantitative estimate of drug-likeness (QED) is 0.516. The fourth-order valence-electron chi connectivity index (χ4n) is 2.28. The maximum Gasteiger partial charge on any atom is 0.363 e. The first kappa shape index (κ1) is 20.4. The van der Waals surface area contributed by atoms with Gasteiger partial charge in [-0.1, -0.05) is 62.1 Å². The summed E-state index contributed by atoms with van der Waals surface area (Å²) in [7, 11) is -3.70. The molecule has 0 aliphatic heterocycles. The Morgan fingerprint density at radius 1 is 0.923 bits per heavy atom. The molecule has 0 fully saturated rings. The molecule has 4 nitrogen and oxygen atoms in total. The van der Waals surface area contributed by atoms with E-state index in [0.717, 1.165) is 5.56 Å². The van der Waals surface area contributed by atoms with Crippen LogP contribution in [0.25, 0.3) is 0 Å². The summed E-state index contributed by atoms with van der Waals surface area (Å²) in [5, 5.41) is 10.8. The van der Waals surface area contributed by atoms with Gasteiger partial charge < -0.3 is 14.2 Å². The molecule has 138 valence electrons. The first-order valence-electron chi connectivity index (χ1n) is 8.83. The molecule has 1 unspecified atom stereocenters. The first-order chi connectivity index (χ1) is 12.6. The predicted molar refractivity (Wildman–Crippen MR) is 104 cm³/mol. The molecule has 0 saturated carbocycles. The first-order valence-corrected chi connectivity index (χ1v) is 10.4. The van der Waals surface area contributed by atoms with E-state index in [-0.39, 0.29) is 13.2 Å². The van der Waals surface area contributed by atoms with Crippen molar-refractivity contribution in [2.75, 3.05) is 13.2 Å². The predicted octanol–water partition coefficient (Wildman–Crippen LogP) is 5.12. The number of hydrogen-bond donors (Lipinski definition) is 1. The van der Waals surface area contributed by atoms with Gasteiger partial charge in [-0.15, -0.1) is 0 Å². The molecule has 2 aromatic carbocycles. The molecule has 0 bridgehead atoms. The zero-order valence-electron chi connectivity index (χ0n) is 15.2. The molecule has 5 heteroatoms. The highest BCUT2D eigenvalue weighted by atomic mass is 31.2. The lowest BCUT2D eigenvalue weighted by molar-refractivity contribution is 0.142. The van der Waals surface area contributed by atoms with E-state index in [9.17, 15) is 9.67 Å². The van der Waals surface area contributed by atoms with Crippen LogP contribution in [0, 0.1) is 11.8 Å². The van der Waals surface area contributed by atoms with Crippen molar-refractivity contribution in [1.82, 2.24) is 0 Å². The number of rotatable bonds is 8. The largest absolute Gasteiger partial charge is 0.376 e. The molecule has 0 radical (unpaired) electrons. The minimum absolute atomic E-state index is 0.260. The third kappa shape index (κ3) is 5.56. The van der Waals surface area contributed by atoms with Crippen molar-refractivity contribution in [2.45, 2.75) is 32.5 Å². The number of aliphatic hydroxyl groups is 1. The fourth-order valence-corrected chi connectivity index (χ4v) is 4.08. The number of hydrogen-bond acceptors (Lipinski definition) is 4. The van der Waals surface area contributed by atoms with Gasteiger partial charge in [0, 0.05) is 16.7 Å². The van der Waals surface area contributed by atoms with Gasteiger partial charge >= 0.3 is 7.60 Å². The summed E-state index contributed by atoms with van der Waals surface area (Å²) in [5.74, 6) is 4.74. The van der Waals surface area contributed by atoms with Crippen molar-refractivity contribution in [3.8, 4) is 11.8 Å².